The van der Waals surface area contributed by atoms with Gasteiger partial charge in [0.1, 0.15) is 5.75 Å². The highest BCUT2D eigenvalue weighted by Crippen LogP contribution is 2.17. The van der Waals surface area contributed by atoms with E-state index >= 15 is 0 Å². The van der Waals surface area contributed by atoms with Gasteiger partial charge in [0.05, 0.1) is 18.2 Å². The van der Waals surface area contributed by atoms with E-state index in [2.05, 4.69) is 10.6 Å². The number of benzene rings is 2. The van der Waals surface area contributed by atoms with Gasteiger partial charge < -0.3 is 21.1 Å². The molecule has 0 spiro atoms. The van der Waals surface area contributed by atoms with Crippen LogP contribution in [0, 0.1) is 0 Å². The van der Waals surface area contributed by atoms with Gasteiger partial charge in [-0.3, -0.25) is 9.59 Å². The van der Waals surface area contributed by atoms with Crippen molar-refractivity contribution in [2.75, 3.05) is 17.2 Å². The summed E-state index contributed by atoms with van der Waals surface area (Å²) >= 11 is 0. The Bertz CT molecular complexity index is 712. The fourth-order valence-electron chi connectivity index (χ4n) is 2.12. The summed E-state index contributed by atoms with van der Waals surface area (Å²) in [6, 6.07) is 13.9. The van der Waals surface area contributed by atoms with Crippen LogP contribution in [0.15, 0.2) is 48.5 Å². The lowest BCUT2D eigenvalue weighted by atomic mass is 10.1. The first-order valence-corrected chi connectivity index (χ1v) is 7.65. The fourth-order valence-corrected chi connectivity index (χ4v) is 2.12. The molecule has 126 valence electrons. The number of amides is 2. The molecule has 0 aliphatic heterocycles. The molecular weight excluding hydrogens is 306 g/mol. The molecule has 2 aromatic carbocycles. The van der Waals surface area contributed by atoms with Crippen LogP contribution in [0.5, 0.6) is 5.75 Å². The molecule has 2 amide bonds. The van der Waals surface area contributed by atoms with E-state index in [4.69, 9.17) is 10.5 Å². The lowest BCUT2D eigenvalue weighted by Crippen LogP contribution is -2.23. The van der Waals surface area contributed by atoms with Gasteiger partial charge in [-0.05, 0) is 50.2 Å². The molecule has 0 radical (unpaired) electrons. The van der Waals surface area contributed by atoms with E-state index in [0.717, 1.165) is 5.75 Å². The van der Waals surface area contributed by atoms with Crippen LogP contribution in [0.25, 0.3) is 0 Å². The summed E-state index contributed by atoms with van der Waals surface area (Å²) in [5.74, 6) is -0.0254. The maximum atomic E-state index is 12.0. The summed E-state index contributed by atoms with van der Waals surface area (Å²) in [5.41, 5.74) is 6.85. The zero-order valence-corrected chi connectivity index (χ0v) is 13.7. The van der Waals surface area contributed by atoms with E-state index in [1.807, 2.05) is 13.8 Å². The molecule has 24 heavy (non-hydrogen) atoms. The third-order valence-electron chi connectivity index (χ3n) is 3.14. The van der Waals surface area contributed by atoms with Crippen LogP contribution in [0.2, 0.25) is 0 Å². The standard InChI is InChI=1S/C18H21N3O3/c1-12(2)24-14-9-7-13(8-10-14)21-17(22)11-20-16-6-4-3-5-15(16)18(19)23/h3-10,12,20H,11H2,1-2H3,(H2,19,23)(H,21,22). The maximum Gasteiger partial charge on any atom is 0.250 e. The number of para-hydroxylation sites is 1. The summed E-state index contributed by atoms with van der Waals surface area (Å²) in [6.07, 6.45) is 0.0972. The van der Waals surface area contributed by atoms with Gasteiger partial charge in [-0.25, -0.2) is 0 Å². The van der Waals surface area contributed by atoms with Crippen LogP contribution in [-0.2, 0) is 4.79 Å². The van der Waals surface area contributed by atoms with Gasteiger partial charge >= 0.3 is 0 Å². The molecule has 0 atom stereocenters. The molecule has 0 unspecified atom stereocenters. The Morgan fingerprint density at radius 2 is 1.75 bits per heavy atom. The number of nitrogens with two attached hydrogens (primary N) is 1. The number of hydrogen-bond acceptors (Lipinski definition) is 4. The van der Waals surface area contributed by atoms with Crippen LogP contribution in [-0.4, -0.2) is 24.5 Å². The molecule has 0 heterocycles. The van der Waals surface area contributed by atoms with Gasteiger partial charge in [0.25, 0.3) is 5.91 Å². The van der Waals surface area contributed by atoms with Gasteiger partial charge in [-0.1, -0.05) is 12.1 Å². The Morgan fingerprint density at radius 1 is 1.08 bits per heavy atom. The quantitative estimate of drug-likeness (QED) is 0.729. The number of ether oxygens (including phenoxy) is 1. The number of rotatable bonds is 7. The van der Waals surface area contributed by atoms with Crippen molar-refractivity contribution < 1.29 is 14.3 Å². The highest BCUT2D eigenvalue weighted by molar-refractivity contribution is 6.00. The Labute approximate surface area is 141 Å². The number of carbonyl (C=O) groups is 2. The van der Waals surface area contributed by atoms with Crippen molar-refractivity contribution in [1.29, 1.82) is 0 Å². The lowest BCUT2D eigenvalue weighted by Gasteiger charge is -2.12. The van der Waals surface area contributed by atoms with E-state index in [1.54, 1.807) is 48.5 Å². The van der Waals surface area contributed by atoms with Crippen LogP contribution < -0.4 is 21.1 Å². The molecule has 0 saturated heterocycles. The highest BCUT2D eigenvalue weighted by atomic mass is 16.5. The van der Waals surface area contributed by atoms with E-state index in [1.165, 1.54) is 0 Å². The van der Waals surface area contributed by atoms with Gasteiger partial charge in [0, 0.05) is 11.4 Å². The van der Waals surface area contributed by atoms with E-state index < -0.39 is 5.91 Å². The minimum atomic E-state index is -0.542. The number of carbonyl (C=O) groups excluding carboxylic acids is 2. The van der Waals surface area contributed by atoms with Gasteiger partial charge in [0.2, 0.25) is 5.91 Å². The summed E-state index contributed by atoms with van der Waals surface area (Å²) < 4.78 is 5.55. The average Bonchev–Trinajstić information content (AvgIpc) is 2.54. The lowest BCUT2D eigenvalue weighted by molar-refractivity contribution is -0.114. The molecule has 0 fully saturated rings. The van der Waals surface area contributed by atoms with Crippen molar-refractivity contribution >= 4 is 23.2 Å². The molecule has 4 N–H and O–H groups in total. The van der Waals surface area contributed by atoms with Gasteiger partial charge in [-0.15, -0.1) is 0 Å². The minimum Gasteiger partial charge on any atom is -0.491 e. The van der Waals surface area contributed by atoms with Crippen molar-refractivity contribution in [2.24, 2.45) is 5.73 Å². The second kappa shape index (κ2) is 8.01. The zero-order valence-electron chi connectivity index (χ0n) is 13.7. The number of nitrogens with one attached hydrogen (secondary N) is 2. The molecule has 0 aromatic heterocycles. The molecule has 2 rings (SSSR count). The normalized spacial score (nSPS) is 10.3. The maximum absolute atomic E-state index is 12.0. The molecular formula is C18H21N3O3. The molecule has 2 aromatic rings. The molecule has 0 aliphatic rings. The molecule has 0 saturated carbocycles. The first-order chi connectivity index (χ1) is 11.5. The smallest absolute Gasteiger partial charge is 0.250 e. The summed E-state index contributed by atoms with van der Waals surface area (Å²) in [4.78, 5) is 23.3. The van der Waals surface area contributed by atoms with Crippen LogP contribution in [0.1, 0.15) is 24.2 Å². The second-order valence-electron chi connectivity index (χ2n) is 5.50. The van der Waals surface area contributed by atoms with Crippen molar-refractivity contribution in [3.8, 4) is 5.75 Å². The van der Waals surface area contributed by atoms with Crippen LogP contribution in [0.4, 0.5) is 11.4 Å². The molecule has 6 heteroatoms. The largest absolute Gasteiger partial charge is 0.491 e. The van der Waals surface area contributed by atoms with Crippen molar-refractivity contribution in [2.45, 2.75) is 20.0 Å². The highest BCUT2D eigenvalue weighted by Gasteiger charge is 2.09. The number of hydrogen-bond donors (Lipinski definition) is 3. The van der Waals surface area contributed by atoms with Crippen molar-refractivity contribution in [3.05, 3.63) is 54.1 Å². The first-order valence-electron chi connectivity index (χ1n) is 7.65. The van der Waals surface area contributed by atoms with Crippen molar-refractivity contribution in [3.63, 3.8) is 0 Å². The zero-order chi connectivity index (χ0) is 17.5. The van der Waals surface area contributed by atoms with Crippen LogP contribution >= 0.6 is 0 Å². The second-order valence-corrected chi connectivity index (χ2v) is 5.50. The van der Waals surface area contributed by atoms with Gasteiger partial charge in [0.15, 0.2) is 0 Å². The molecule has 6 nitrogen and oxygen atoms in total. The third kappa shape index (κ3) is 5.01. The fraction of sp³-hybridized carbons (Fsp3) is 0.222. The Balaban J connectivity index is 1.91. The summed E-state index contributed by atoms with van der Waals surface area (Å²) in [6.45, 7) is 3.92. The topological polar surface area (TPSA) is 93.4 Å². The Kier molecular flexibility index (Phi) is 5.78. The Morgan fingerprint density at radius 3 is 2.38 bits per heavy atom. The van der Waals surface area contributed by atoms with Gasteiger partial charge in [-0.2, -0.15) is 0 Å². The van der Waals surface area contributed by atoms with E-state index in [9.17, 15) is 9.59 Å². The summed E-state index contributed by atoms with van der Waals surface area (Å²) in [5, 5.41) is 5.68. The molecule has 0 bridgehead atoms. The van der Waals surface area contributed by atoms with Crippen molar-refractivity contribution in [1.82, 2.24) is 0 Å². The summed E-state index contributed by atoms with van der Waals surface area (Å²) in [7, 11) is 0. The monoisotopic (exact) mass is 327 g/mol. The minimum absolute atomic E-state index is 0.0224. The predicted molar refractivity (Wildman–Crippen MR) is 94.3 cm³/mol. The SMILES string of the molecule is CC(C)Oc1ccc(NC(=O)CNc2ccccc2C(N)=O)cc1. The number of anilines is 2. The Hall–Kier alpha value is -3.02. The van der Waals surface area contributed by atoms with E-state index in [-0.39, 0.29) is 18.6 Å². The van der Waals surface area contributed by atoms with Crippen LogP contribution in [0.3, 0.4) is 0 Å². The molecule has 0 aliphatic carbocycles. The predicted octanol–water partition coefficient (Wildman–Crippen LogP) is 2.62. The number of primary amides is 1. The van der Waals surface area contributed by atoms with E-state index in [0.29, 0.717) is 16.9 Å². The first kappa shape index (κ1) is 17.3. The average molecular weight is 327 g/mol. The third-order valence-corrected chi connectivity index (χ3v) is 3.14.